The van der Waals surface area contributed by atoms with Gasteiger partial charge < -0.3 is 14.8 Å². The van der Waals surface area contributed by atoms with Gasteiger partial charge in [-0.1, -0.05) is 42.5 Å². The molecule has 1 atom stereocenters. The molecular formula is C29H32N2O3. The summed E-state index contributed by atoms with van der Waals surface area (Å²) in [5, 5.41) is 3.05. The average molecular weight is 457 g/mol. The van der Waals surface area contributed by atoms with Crippen LogP contribution < -0.4 is 14.8 Å². The van der Waals surface area contributed by atoms with Crippen LogP contribution in [0.1, 0.15) is 36.5 Å². The molecule has 0 unspecified atom stereocenters. The number of pyridine rings is 1. The molecular weight excluding hydrogens is 424 g/mol. The van der Waals surface area contributed by atoms with Gasteiger partial charge in [0.15, 0.2) is 0 Å². The summed E-state index contributed by atoms with van der Waals surface area (Å²) in [5.41, 5.74) is 4.27. The molecule has 1 aromatic heterocycles. The Kier molecular flexibility index (Phi) is 9.47. The van der Waals surface area contributed by atoms with E-state index in [2.05, 4.69) is 16.4 Å². The van der Waals surface area contributed by atoms with E-state index in [1.165, 1.54) is 5.56 Å². The van der Waals surface area contributed by atoms with Gasteiger partial charge in [-0.25, -0.2) is 0 Å². The van der Waals surface area contributed by atoms with Crippen LogP contribution in [0.3, 0.4) is 0 Å². The minimum atomic E-state index is -0.103. The lowest BCUT2D eigenvalue weighted by molar-refractivity contribution is -0.117. The predicted octanol–water partition coefficient (Wildman–Crippen LogP) is 5.61. The number of rotatable bonds is 11. The van der Waals surface area contributed by atoms with E-state index in [1.807, 2.05) is 73.8 Å². The first-order valence-electron chi connectivity index (χ1n) is 11.5. The van der Waals surface area contributed by atoms with Crippen molar-refractivity contribution in [1.29, 1.82) is 0 Å². The number of nitrogens with zero attached hydrogens (tertiary/aromatic N) is 1. The molecule has 0 bridgehead atoms. The summed E-state index contributed by atoms with van der Waals surface area (Å²) in [6.45, 7) is 2.03. The van der Waals surface area contributed by atoms with E-state index in [9.17, 15) is 4.79 Å². The molecule has 0 radical (unpaired) electrons. The van der Waals surface area contributed by atoms with Gasteiger partial charge in [0.1, 0.15) is 11.5 Å². The highest BCUT2D eigenvalue weighted by molar-refractivity contribution is 5.89. The molecule has 0 saturated carbocycles. The number of ether oxygens (including phenoxy) is 2. The van der Waals surface area contributed by atoms with Gasteiger partial charge in [0.25, 0.3) is 0 Å². The maximum absolute atomic E-state index is 12.4. The lowest BCUT2D eigenvalue weighted by Gasteiger charge is -2.12. The normalized spacial score (nSPS) is 11.6. The summed E-state index contributed by atoms with van der Waals surface area (Å²) >= 11 is 0. The molecule has 5 heteroatoms. The third kappa shape index (κ3) is 7.62. The summed E-state index contributed by atoms with van der Waals surface area (Å²) in [5.74, 6) is 1.49. The second-order valence-electron chi connectivity index (χ2n) is 8.06. The Morgan fingerprint density at radius 1 is 0.971 bits per heavy atom. The quantitative estimate of drug-likeness (QED) is 0.301. The average Bonchev–Trinajstić information content (AvgIpc) is 2.87. The Labute approximate surface area is 202 Å². The fourth-order valence-corrected chi connectivity index (χ4v) is 3.65. The summed E-state index contributed by atoms with van der Waals surface area (Å²) in [4.78, 5) is 16.6. The van der Waals surface area contributed by atoms with Gasteiger partial charge in [0.05, 0.1) is 14.2 Å². The Balaban J connectivity index is 1.64. The number of carbonyl (C=O) groups excluding carboxylic acids is 1. The number of methoxy groups -OCH3 is 2. The first-order chi connectivity index (χ1) is 16.6. The van der Waals surface area contributed by atoms with Crippen molar-refractivity contribution in [2.45, 2.75) is 32.2 Å². The third-order valence-electron chi connectivity index (χ3n) is 5.53. The molecule has 3 aromatic rings. The van der Waals surface area contributed by atoms with E-state index in [1.54, 1.807) is 32.6 Å². The largest absolute Gasteiger partial charge is 0.497 e. The van der Waals surface area contributed by atoms with Crippen molar-refractivity contribution in [1.82, 2.24) is 10.3 Å². The van der Waals surface area contributed by atoms with Crippen LogP contribution in [0.4, 0.5) is 0 Å². The number of aromatic nitrogens is 1. The topological polar surface area (TPSA) is 60.5 Å². The molecule has 0 fully saturated rings. The zero-order valence-electron chi connectivity index (χ0n) is 20.0. The van der Waals surface area contributed by atoms with E-state index >= 15 is 0 Å². The molecule has 34 heavy (non-hydrogen) atoms. The fourth-order valence-electron chi connectivity index (χ4n) is 3.65. The fraction of sp³-hybridized carbons (Fsp3) is 0.241. The van der Waals surface area contributed by atoms with Gasteiger partial charge in [-0.05, 0) is 78.8 Å². The van der Waals surface area contributed by atoms with Crippen LogP contribution >= 0.6 is 0 Å². The lowest BCUT2D eigenvalue weighted by atomic mass is 9.97. The molecule has 1 N–H and O–H groups in total. The van der Waals surface area contributed by atoms with Gasteiger partial charge in [0, 0.05) is 24.5 Å². The second-order valence-corrected chi connectivity index (χ2v) is 8.06. The van der Waals surface area contributed by atoms with Gasteiger partial charge in [-0.2, -0.15) is 0 Å². The Morgan fingerprint density at radius 3 is 2.12 bits per heavy atom. The number of hydrogen-bond acceptors (Lipinski definition) is 4. The molecule has 2 aromatic carbocycles. The van der Waals surface area contributed by atoms with Gasteiger partial charge in [0.2, 0.25) is 5.91 Å². The smallest absolute Gasteiger partial charge is 0.244 e. The molecule has 176 valence electrons. The lowest BCUT2D eigenvalue weighted by Crippen LogP contribution is -2.31. The van der Waals surface area contributed by atoms with E-state index in [0.29, 0.717) is 0 Å². The first kappa shape index (κ1) is 24.8. The van der Waals surface area contributed by atoms with Gasteiger partial charge >= 0.3 is 0 Å². The number of carbonyl (C=O) groups is 1. The number of aryl methyl sites for hydroxylation is 1. The van der Waals surface area contributed by atoms with Crippen LogP contribution in [0, 0.1) is 0 Å². The molecule has 5 nitrogen and oxygen atoms in total. The monoisotopic (exact) mass is 456 g/mol. The molecule has 1 heterocycles. The van der Waals surface area contributed by atoms with E-state index < -0.39 is 0 Å². The predicted molar refractivity (Wildman–Crippen MR) is 137 cm³/mol. The van der Waals surface area contributed by atoms with Crippen LogP contribution in [0.25, 0.3) is 5.57 Å². The number of amides is 1. The highest BCUT2D eigenvalue weighted by Gasteiger charge is 2.07. The van der Waals surface area contributed by atoms with E-state index in [4.69, 9.17) is 9.47 Å². The van der Waals surface area contributed by atoms with Crippen molar-refractivity contribution in [2.24, 2.45) is 0 Å². The van der Waals surface area contributed by atoms with Crippen LogP contribution in [0.2, 0.25) is 0 Å². The van der Waals surface area contributed by atoms with E-state index in [0.717, 1.165) is 47.5 Å². The van der Waals surface area contributed by atoms with Crippen molar-refractivity contribution >= 4 is 11.5 Å². The Bertz CT molecular complexity index is 1040. The SMILES string of the molecule is COc1ccc(C(=CC=CC(=O)N[C@@H](C)CCCc2cccnc2)c2ccc(OC)cc2)cc1. The van der Waals surface area contributed by atoms with Crippen LogP contribution in [0.15, 0.2) is 91.3 Å². The maximum atomic E-state index is 12.4. The molecule has 0 aliphatic rings. The van der Waals surface area contributed by atoms with Crippen molar-refractivity contribution in [3.63, 3.8) is 0 Å². The maximum Gasteiger partial charge on any atom is 0.244 e. The molecule has 0 spiro atoms. The summed E-state index contributed by atoms with van der Waals surface area (Å²) in [6.07, 6.45) is 11.9. The standard InChI is InChI=1S/C29H32N2O3/c1-22(7-4-8-23-9-6-20-30-21-23)31-29(32)11-5-10-28(24-12-16-26(33-2)17-13-24)25-14-18-27(34-3)19-15-25/h5-6,9-22H,4,7-8H2,1-3H3,(H,31,32)/t22-/m0/s1. The second kappa shape index (κ2) is 13.0. The summed E-state index contributed by atoms with van der Waals surface area (Å²) in [6, 6.07) is 19.9. The van der Waals surface area contributed by atoms with E-state index in [-0.39, 0.29) is 11.9 Å². The molecule has 3 rings (SSSR count). The summed E-state index contributed by atoms with van der Waals surface area (Å²) in [7, 11) is 3.30. The Morgan fingerprint density at radius 2 is 1.59 bits per heavy atom. The number of nitrogens with one attached hydrogen (secondary N) is 1. The number of benzene rings is 2. The van der Waals surface area contributed by atoms with Gasteiger partial charge in [-0.3, -0.25) is 9.78 Å². The van der Waals surface area contributed by atoms with Crippen LogP contribution in [-0.4, -0.2) is 31.2 Å². The Hall–Kier alpha value is -3.86. The highest BCUT2D eigenvalue weighted by atomic mass is 16.5. The highest BCUT2D eigenvalue weighted by Crippen LogP contribution is 2.27. The number of hydrogen-bond donors (Lipinski definition) is 1. The number of allylic oxidation sites excluding steroid dienone is 2. The van der Waals surface area contributed by atoms with Crippen LogP contribution in [-0.2, 0) is 11.2 Å². The minimum Gasteiger partial charge on any atom is -0.497 e. The van der Waals surface area contributed by atoms with Crippen molar-refractivity contribution in [3.05, 3.63) is 108 Å². The molecule has 0 aliphatic heterocycles. The van der Waals surface area contributed by atoms with Crippen molar-refractivity contribution < 1.29 is 14.3 Å². The molecule has 1 amide bonds. The van der Waals surface area contributed by atoms with Gasteiger partial charge in [-0.15, -0.1) is 0 Å². The van der Waals surface area contributed by atoms with Crippen molar-refractivity contribution in [3.8, 4) is 11.5 Å². The van der Waals surface area contributed by atoms with Crippen LogP contribution in [0.5, 0.6) is 11.5 Å². The molecule has 0 aliphatic carbocycles. The minimum absolute atomic E-state index is 0.0976. The zero-order chi connectivity index (χ0) is 24.2. The zero-order valence-corrected chi connectivity index (χ0v) is 20.0. The van der Waals surface area contributed by atoms with Crippen molar-refractivity contribution in [2.75, 3.05) is 14.2 Å². The molecule has 0 saturated heterocycles. The third-order valence-corrected chi connectivity index (χ3v) is 5.53. The first-order valence-corrected chi connectivity index (χ1v) is 11.5. The summed E-state index contributed by atoms with van der Waals surface area (Å²) < 4.78 is 10.6.